The fraction of sp³-hybridized carbons (Fsp3) is 0.633. The molecule has 4 heterocycles. The normalized spacial score (nSPS) is 29.3. The highest BCUT2D eigenvalue weighted by Gasteiger charge is 2.61. The van der Waals surface area contributed by atoms with E-state index in [0.29, 0.717) is 0 Å². The molecular formula is C60H72N2O36. The van der Waals surface area contributed by atoms with Gasteiger partial charge in [-0.25, -0.2) is 0 Å². The Kier molecular flexibility index (Phi) is 28.9. The first-order valence-corrected chi connectivity index (χ1v) is 29.5. The average molecular weight is 1400 g/mol. The van der Waals surface area contributed by atoms with E-state index in [2.05, 4.69) is 0 Å². The number of benzene rings is 1. The molecule has 0 aromatic heterocycles. The van der Waals surface area contributed by atoms with Crippen LogP contribution < -0.4 is 9.47 Å². The van der Waals surface area contributed by atoms with Crippen LogP contribution in [0.1, 0.15) is 108 Å². The Labute approximate surface area is 557 Å². The first-order valence-electron chi connectivity index (χ1n) is 29.5. The Bertz CT molecular complexity index is 3040. The fourth-order valence-electron chi connectivity index (χ4n) is 10.3. The molecule has 0 unspecified atom stereocenters. The van der Waals surface area contributed by atoms with Gasteiger partial charge in [0, 0.05) is 109 Å². The molecule has 0 amide bonds. The topological polar surface area (TPSA) is 490 Å². The van der Waals surface area contributed by atoms with Crippen LogP contribution in [-0.2, 0) is 162 Å². The molecular weight excluding hydrogens is 1320 g/mol. The molecule has 538 valence electrons. The lowest BCUT2D eigenvalue weighted by molar-refractivity contribution is -0.356. The third-order valence-electron chi connectivity index (χ3n) is 13.6. The summed E-state index contributed by atoms with van der Waals surface area (Å²) in [5.74, 6) is -16.1. The van der Waals surface area contributed by atoms with Gasteiger partial charge in [-0.2, -0.15) is 10.5 Å². The van der Waals surface area contributed by atoms with Gasteiger partial charge in [-0.3, -0.25) is 67.1 Å². The Morgan fingerprint density at radius 1 is 0.286 bits per heavy atom. The van der Waals surface area contributed by atoms with Crippen molar-refractivity contribution in [3.63, 3.8) is 0 Å². The number of nitrogens with zero attached hydrogens (tertiary/aromatic N) is 2. The number of carbonyl (C=O) groups is 14. The van der Waals surface area contributed by atoms with Gasteiger partial charge in [0.25, 0.3) is 0 Å². The highest BCUT2D eigenvalue weighted by atomic mass is 16.8. The zero-order chi connectivity index (χ0) is 73.2. The first-order chi connectivity index (χ1) is 46.0. The number of hydrogen-bond acceptors (Lipinski definition) is 38. The van der Waals surface area contributed by atoms with E-state index in [4.69, 9.17) is 104 Å². The summed E-state index contributed by atoms with van der Waals surface area (Å²) in [6.07, 6.45) is -39.2. The van der Waals surface area contributed by atoms with Crippen LogP contribution >= 0.6 is 0 Å². The van der Waals surface area contributed by atoms with Gasteiger partial charge in [0.1, 0.15) is 75.2 Å². The zero-order valence-corrected chi connectivity index (χ0v) is 55.1. The van der Waals surface area contributed by atoms with Crippen LogP contribution in [0.5, 0.6) is 11.5 Å². The number of ether oxygens (including phenoxy) is 22. The molecule has 5 rings (SSSR count). The summed E-state index contributed by atoms with van der Waals surface area (Å²) in [5, 5.41) is 20.8. The van der Waals surface area contributed by atoms with E-state index in [1.54, 1.807) is 12.1 Å². The molecule has 38 heteroatoms. The number of nitriles is 2. The van der Waals surface area contributed by atoms with Crippen LogP contribution in [0, 0.1) is 22.7 Å². The molecule has 98 heavy (non-hydrogen) atoms. The maximum Gasteiger partial charge on any atom is 0.303 e. The summed E-state index contributed by atoms with van der Waals surface area (Å²) in [7, 11) is 0. The minimum absolute atomic E-state index is 0.488. The van der Waals surface area contributed by atoms with Crippen LogP contribution in [0.25, 0.3) is 0 Å². The van der Waals surface area contributed by atoms with Gasteiger partial charge in [0.05, 0.1) is 11.1 Å². The summed E-state index contributed by atoms with van der Waals surface area (Å²) < 4.78 is 128. The second-order valence-electron chi connectivity index (χ2n) is 21.6. The largest absolute Gasteiger partial charge is 0.463 e. The van der Waals surface area contributed by atoms with Crippen LogP contribution in [0.4, 0.5) is 0 Å². The van der Waals surface area contributed by atoms with E-state index >= 15 is 0 Å². The number of carbonyl (C=O) groups excluding carboxylic acids is 14. The van der Waals surface area contributed by atoms with Crippen molar-refractivity contribution >= 4 is 83.6 Å². The summed E-state index contributed by atoms with van der Waals surface area (Å²) in [5.41, 5.74) is -0.977. The van der Waals surface area contributed by atoms with Gasteiger partial charge < -0.3 is 104 Å². The SMILES string of the molecule is CC(=O)OC[C@H]1O[C@@H](O[C@H]2[C@H](OC(C)=O)[C@@H](OC(C)=O)[C@@H](Oc3cc(C#N)c(C#N)cc3O[C@H]3O[C@H](COC(C)=O)[C@@H](O[C@@H]4O[C@H](COC(C)=O)[C@@H](OC(C)=O)[C@H](OC(C)=O)[C@H]4OC(C)=O)[C@H](OC(C)=O)[C@H]3OC(C)=O)O[C@@H]2COC(C)=O)[C@H](OC(C)=O)[C@@H](OC(C)=O)[C@@H]1OC(C)=O. The molecule has 38 nitrogen and oxygen atoms in total. The van der Waals surface area contributed by atoms with Gasteiger partial charge in [-0.15, -0.1) is 0 Å². The predicted molar refractivity (Wildman–Crippen MR) is 304 cm³/mol. The minimum Gasteiger partial charge on any atom is -0.463 e. The molecule has 4 saturated heterocycles. The summed E-state index contributed by atoms with van der Waals surface area (Å²) in [6.45, 7) is 9.73. The predicted octanol–water partition coefficient (Wildman–Crippen LogP) is -0.573. The quantitative estimate of drug-likeness (QED) is 0.0827. The molecule has 1 aromatic rings. The second-order valence-corrected chi connectivity index (χ2v) is 21.6. The van der Waals surface area contributed by atoms with Crippen LogP contribution in [0.2, 0.25) is 0 Å². The van der Waals surface area contributed by atoms with Crippen molar-refractivity contribution < 1.29 is 171 Å². The lowest BCUT2D eigenvalue weighted by Gasteiger charge is -2.49. The second kappa shape index (κ2) is 35.9. The number of hydrogen-bond donors (Lipinski definition) is 0. The van der Waals surface area contributed by atoms with Gasteiger partial charge in [0.2, 0.25) is 24.8 Å². The van der Waals surface area contributed by atoms with Crippen molar-refractivity contribution in [2.24, 2.45) is 0 Å². The Morgan fingerprint density at radius 2 is 0.480 bits per heavy atom. The summed E-state index contributed by atoms with van der Waals surface area (Å²) >= 11 is 0. The molecule has 4 fully saturated rings. The summed E-state index contributed by atoms with van der Waals surface area (Å²) in [4.78, 5) is 179. The molecule has 0 bridgehead atoms. The molecule has 0 radical (unpaired) electrons. The van der Waals surface area contributed by atoms with Crippen LogP contribution in [0.3, 0.4) is 0 Å². The standard InChI is InChI=1S/C60H72N2O36/c1-23(63)77-19-41-45(81-27(5)67)49(83-29(7)69)55(89-35(13)75)59(95-41)97-47-43(21-79-25(3)65)93-57(53(87-33(11)73)51(47)85-31(9)71)91-39-15-37(17-61)38(18-62)16-40(39)92-58-54(88-34(12)74)52(86-32(10)72)48(44(94-58)22-80-26(4)66)98-60-56(90-36(14)76)50(84-30(8)70)46(82-28(6)68)42(96-60)20-78-24(2)64/h15-16,41-60H,19-22H2,1-14H3/t41-,42-,43-,44-,45-,46-,47-,48-,49+,50+,51+,52+,53-,54-,55-,56-,57+,58+,59+,60+/m1/s1. The zero-order valence-electron chi connectivity index (χ0n) is 55.1. The maximum atomic E-state index is 13.3. The monoisotopic (exact) mass is 1400 g/mol. The lowest BCUT2D eigenvalue weighted by atomic mass is 9.95. The minimum atomic E-state index is -2.22. The molecule has 0 saturated carbocycles. The molecule has 0 spiro atoms. The third kappa shape index (κ3) is 22.6. The number of esters is 14. The van der Waals surface area contributed by atoms with E-state index in [-0.39, 0.29) is 0 Å². The first kappa shape index (κ1) is 78.8. The summed E-state index contributed by atoms with van der Waals surface area (Å²) in [6, 6.07) is 5.29. The van der Waals surface area contributed by atoms with E-state index in [0.717, 1.165) is 109 Å². The van der Waals surface area contributed by atoms with Gasteiger partial charge in [-0.1, -0.05) is 0 Å². The van der Waals surface area contributed by atoms with E-state index in [1.807, 2.05) is 0 Å². The van der Waals surface area contributed by atoms with Crippen molar-refractivity contribution in [2.75, 3.05) is 26.4 Å². The Balaban J connectivity index is 1.72. The van der Waals surface area contributed by atoms with Crippen LogP contribution in [-0.4, -0.2) is 233 Å². The molecule has 4 aliphatic heterocycles. The van der Waals surface area contributed by atoms with Crippen molar-refractivity contribution in [2.45, 2.75) is 220 Å². The van der Waals surface area contributed by atoms with Crippen molar-refractivity contribution in [3.05, 3.63) is 23.3 Å². The van der Waals surface area contributed by atoms with Gasteiger partial charge in [-0.05, 0) is 0 Å². The molecule has 0 N–H and O–H groups in total. The smallest absolute Gasteiger partial charge is 0.303 e. The average Bonchev–Trinajstić information content (AvgIpc) is 0.768. The number of rotatable bonds is 26. The molecule has 20 atom stereocenters. The van der Waals surface area contributed by atoms with Crippen LogP contribution in [0.15, 0.2) is 12.1 Å². The Morgan fingerprint density at radius 3 is 0.704 bits per heavy atom. The maximum absolute atomic E-state index is 13.3. The van der Waals surface area contributed by atoms with Gasteiger partial charge >= 0.3 is 83.6 Å². The lowest BCUT2D eigenvalue weighted by Crippen LogP contribution is -2.67. The van der Waals surface area contributed by atoms with Crippen molar-refractivity contribution in [1.82, 2.24) is 0 Å². The molecule has 1 aromatic carbocycles. The highest BCUT2D eigenvalue weighted by Crippen LogP contribution is 2.42. The Hall–Kier alpha value is -9.86. The van der Waals surface area contributed by atoms with Crippen molar-refractivity contribution in [1.29, 1.82) is 10.5 Å². The van der Waals surface area contributed by atoms with Gasteiger partial charge in [0.15, 0.2) is 72.9 Å². The van der Waals surface area contributed by atoms with Crippen molar-refractivity contribution in [3.8, 4) is 23.6 Å². The molecule has 0 aliphatic carbocycles. The van der Waals surface area contributed by atoms with E-state index in [1.165, 1.54) is 0 Å². The third-order valence-corrected chi connectivity index (χ3v) is 13.6. The molecule has 4 aliphatic rings. The fourth-order valence-corrected chi connectivity index (χ4v) is 10.3. The highest BCUT2D eigenvalue weighted by molar-refractivity contribution is 5.72. The van der Waals surface area contributed by atoms with E-state index in [9.17, 15) is 77.6 Å². The van der Waals surface area contributed by atoms with E-state index < -0.39 is 255 Å².